The lowest BCUT2D eigenvalue weighted by atomic mass is 10.0. The number of anilines is 1. The van der Waals surface area contributed by atoms with Crippen LogP contribution in [0.25, 0.3) is 0 Å². The summed E-state index contributed by atoms with van der Waals surface area (Å²) >= 11 is 0. The van der Waals surface area contributed by atoms with E-state index in [-0.39, 0.29) is 17.9 Å². The van der Waals surface area contributed by atoms with Crippen LogP contribution in [0, 0.1) is 0 Å². The summed E-state index contributed by atoms with van der Waals surface area (Å²) in [4.78, 5) is 25.6. The number of carbonyl (C=O) groups excluding carboxylic acids is 2. The van der Waals surface area contributed by atoms with Gasteiger partial charge in [0.05, 0.1) is 12.6 Å². The maximum Gasteiger partial charge on any atom is 0.224 e. The van der Waals surface area contributed by atoms with Gasteiger partial charge in [-0.3, -0.25) is 9.59 Å². The van der Waals surface area contributed by atoms with Crippen molar-refractivity contribution < 1.29 is 14.3 Å². The van der Waals surface area contributed by atoms with Crippen LogP contribution in [0.4, 0.5) is 5.69 Å². The van der Waals surface area contributed by atoms with Crippen molar-refractivity contribution in [2.75, 3.05) is 19.0 Å². The molecule has 1 unspecified atom stereocenters. The molecule has 27 heavy (non-hydrogen) atoms. The van der Waals surface area contributed by atoms with Gasteiger partial charge in [0.15, 0.2) is 0 Å². The molecule has 142 valence electrons. The van der Waals surface area contributed by atoms with Gasteiger partial charge < -0.3 is 15.0 Å². The molecule has 2 aromatic rings. The molecule has 0 radical (unpaired) electrons. The first-order chi connectivity index (χ1) is 13.0. The number of ether oxygens (including phenoxy) is 1. The molecule has 0 saturated carbocycles. The minimum absolute atomic E-state index is 0.0514. The molecule has 0 fully saturated rings. The van der Waals surface area contributed by atoms with E-state index in [4.69, 9.17) is 4.74 Å². The molecule has 1 N–H and O–H groups in total. The van der Waals surface area contributed by atoms with E-state index in [9.17, 15) is 9.59 Å². The zero-order chi connectivity index (χ0) is 19.2. The Morgan fingerprint density at radius 2 is 1.96 bits per heavy atom. The molecule has 0 saturated heterocycles. The molecule has 1 atom stereocenters. The van der Waals surface area contributed by atoms with Gasteiger partial charge in [-0.15, -0.1) is 0 Å². The highest BCUT2D eigenvalue weighted by atomic mass is 16.5. The molecule has 1 aliphatic rings. The lowest BCUT2D eigenvalue weighted by molar-refractivity contribution is -0.132. The number of rotatable bonds is 7. The summed E-state index contributed by atoms with van der Waals surface area (Å²) in [5.74, 6) is 0.954. The molecule has 1 heterocycles. The van der Waals surface area contributed by atoms with E-state index in [0.717, 1.165) is 29.0 Å². The topological polar surface area (TPSA) is 58.6 Å². The van der Waals surface area contributed by atoms with E-state index in [1.165, 1.54) is 0 Å². The average molecular weight is 366 g/mol. The molecule has 2 amide bonds. The minimum atomic E-state index is 0.0514. The largest absolute Gasteiger partial charge is 0.494 e. The number of benzene rings is 2. The van der Waals surface area contributed by atoms with Crippen molar-refractivity contribution in [3.05, 3.63) is 59.7 Å². The molecule has 3 rings (SSSR count). The number of amides is 2. The average Bonchev–Trinajstić information content (AvgIpc) is 2.70. The first-order valence-corrected chi connectivity index (χ1v) is 9.41. The zero-order valence-corrected chi connectivity index (χ0v) is 15.9. The van der Waals surface area contributed by atoms with Crippen molar-refractivity contribution in [1.29, 1.82) is 0 Å². The van der Waals surface area contributed by atoms with Crippen molar-refractivity contribution in [2.45, 2.75) is 38.6 Å². The highest BCUT2D eigenvalue weighted by molar-refractivity contribution is 5.94. The van der Waals surface area contributed by atoms with Crippen LogP contribution in [0.3, 0.4) is 0 Å². The Bertz CT molecular complexity index is 804. The number of aryl methyl sites for hydroxylation is 1. The van der Waals surface area contributed by atoms with Gasteiger partial charge in [0.25, 0.3) is 0 Å². The first-order valence-electron chi connectivity index (χ1n) is 9.41. The Morgan fingerprint density at radius 3 is 2.74 bits per heavy atom. The molecule has 5 nitrogen and oxygen atoms in total. The predicted octanol–water partition coefficient (Wildman–Crippen LogP) is 3.95. The molecule has 1 aliphatic heterocycles. The SMILES string of the molecule is CC(c1ccccc1)N(C)C(=O)CCCOc1ccc2c(c1)CCC(=O)N2. The van der Waals surface area contributed by atoms with Crippen molar-refractivity contribution in [1.82, 2.24) is 4.90 Å². The minimum Gasteiger partial charge on any atom is -0.494 e. The van der Waals surface area contributed by atoms with E-state index in [2.05, 4.69) is 5.32 Å². The smallest absolute Gasteiger partial charge is 0.224 e. The fraction of sp³-hybridized carbons (Fsp3) is 0.364. The third-order valence-corrected chi connectivity index (χ3v) is 5.03. The summed E-state index contributed by atoms with van der Waals surface area (Å²) in [7, 11) is 1.85. The fourth-order valence-electron chi connectivity index (χ4n) is 3.21. The van der Waals surface area contributed by atoms with Gasteiger partial charge in [-0.25, -0.2) is 0 Å². The summed E-state index contributed by atoms with van der Waals surface area (Å²) in [6.45, 7) is 2.53. The second-order valence-corrected chi connectivity index (χ2v) is 6.91. The third kappa shape index (κ3) is 4.88. The highest BCUT2D eigenvalue weighted by Gasteiger charge is 2.17. The van der Waals surface area contributed by atoms with Crippen LogP contribution in [0.1, 0.15) is 43.4 Å². The highest BCUT2D eigenvalue weighted by Crippen LogP contribution is 2.27. The van der Waals surface area contributed by atoms with Crippen LogP contribution in [-0.4, -0.2) is 30.4 Å². The van der Waals surface area contributed by atoms with Crippen LogP contribution in [0.5, 0.6) is 5.75 Å². The monoisotopic (exact) mass is 366 g/mol. The van der Waals surface area contributed by atoms with Crippen molar-refractivity contribution in [3.63, 3.8) is 0 Å². The van der Waals surface area contributed by atoms with E-state index < -0.39 is 0 Å². The van der Waals surface area contributed by atoms with Crippen LogP contribution in [0.15, 0.2) is 48.5 Å². The molecular formula is C22H26N2O3. The van der Waals surface area contributed by atoms with Crippen molar-refractivity contribution >= 4 is 17.5 Å². The number of nitrogens with zero attached hydrogens (tertiary/aromatic N) is 1. The zero-order valence-electron chi connectivity index (χ0n) is 15.9. The first kappa shape index (κ1) is 19.0. The third-order valence-electron chi connectivity index (χ3n) is 5.03. The van der Waals surface area contributed by atoms with E-state index in [1.807, 2.05) is 62.5 Å². The Morgan fingerprint density at radius 1 is 1.19 bits per heavy atom. The van der Waals surface area contributed by atoms with Gasteiger partial charge >= 0.3 is 0 Å². The molecule has 0 spiro atoms. The number of nitrogens with one attached hydrogen (secondary N) is 1. The maximum absolute atomic E-state index is 12.4. The lowest BCUT2D eigenvalue weighted by Gasteiger charge is -2.25. The molecule has 0 aromatic heterocycles. The second kappa shape index (κ2) is 8.71. The van der Waals surface area contributed by atoms with Gasteiger partial charge in [-0.1, -0.05) is 30.3 Å². The molecule has 5 heteroatoms. The predicted molar refractivity (Wildman–Crippen MR) is 106 cm³/mol. The van der Waals surface area contributed by atoms with Gasteiger partial charge in [-0.2, -0.15) is 0 Å². The van der Waals surface area contributed by atoms with Gasteiger partial charge in [0.2, 0.25) is 11.8 Å². The van der Waals surface area contributed by atoms with Gasteiger partial charge in [0, 0.05) is 25.6 Å². The molecular weight excluding hydrogens is 340 g/mol. The Kier molecular flexibility index (Phi) is 6.12. The second-order valence-electron chi connectivity index (χ2n) is 6.91. The number of fused-ring (bicyclic) bond motifs is 1. The number of hydrogen-bond donors (Lipinski definition) is 1. The molecule has 0 aliphatic carbocycles. The Balaban J connectivity index is 1.44. The van der Waals surface area contributed by atoms with Crippen LogP contribution < -0.4 is 10.1 Å². The van der Waals surface area contributed by atoms with Crippen LogP contribution >= 0.6 is 0 Å². The van der Waals surface area contributed by atoms with E-state index >= 15 is 0 Å². The van der Waals surface area contributed by atoms with Gasteiger partial charge in [-0.05, 0) is 49.1 Å². The summed E-state index contributed by atoms with van der Waals surface area (Å²) in [5, 5.41) is 2.86. The molecule has 2 aromatic carbocycles. The van der Waals surface area contributed by atoms with Gasteiger partial charge in [0.1, 0.15) is 5.75 Å². The Hall–Kier alpha value is -2.82. The summed E-state index contributed by atoms with van der Waals surface area (Å²) < 4.78 is 5.79. The lowest BCUT2D eigenvalue weighted by Crippen LogP contribution is -2.29. The van der Waals surface area contributed by atoms with Crippen LogP contribution in [0.2, 0.25) is 0 Å². The van der Waals surface area contributed by atoms with Crippen molar-refractivity contribution in [3.8, 4) is 5.75 Å². The van der Waals surface area contributed by atoms with Crippen molar-refractivity contribution in [2.24, 2.45) is 0 Å². The maximum atomic E-state index is 12.4. The molecule has 0 bridgehead atoms. The summed E-state index contributed by atoms with van der Waals surface area (Å²) in [5.41, 5.74) is 3.09. The fourth-order valence-corrected chi connectivity index (χ4v) is 3.21. The van der Waals surface area contributed by atoms with E-state index in [0.29, 0.717) is 25.9 Å². The number of carbonyl (C=O) groups is 2. The quantitative estimate of drug-likeness (QED) is 0.755. The Labute approximate surface area is 160 Å². The summed E-state index contributed by atoms with van der Waals surface area (Å²) in [6, 6.07) is 15.8. The number of hydrogen-bond acceptors (Lipinski definition) is 3. The normalized spacial score (nSPS) is 14.1. The summed E-state index contributed by atoms with van der Waals surface area (Å²) in [6.07, 6.45) is 2.36. The van der Waals surface area contributed by atoms with Crippen LogP contribution in [-0.2, 0) is 16.0 Å². The standard InChI is InChI=1S/C22H26N2O3/c1-16(17-7-4-3-5-8-17)24(2)22(26)9-6-14-27-19-11-12-20-18(15-19)10-13-21(25)23-20/h3-5,7-8,11-12,15-16H,6,9-10,13-14H2,1-2H3,(H,23,25). The van der Waals surface area contributed by atoms with E-state index in [1.54, 1.807) is 4.90 Å².